The monoisotopic (exact) mass is 442 g/mol. The van der Waals surface area contributed by atoms with Crippen molar-refractivity contribution in [2.24, 2.45) is 0 Å². The predicted octanol–water partition coefficient (Wildman–Crippen LogP) is 4.92. The molecule has 0 bridgehead atoms. The van der Waals surface area contributed by atoms with Crippen LogP contribution in [0.15, 0.2) is 59.0 Å². The maximum atomic E-state index is 13.1. The Balaban J connectivity index is 1.29. The molecule has 4 rings (SSSR count). The van der Waals surface area contributed by atoms with Crippen molar-refractivity contribution in [1.29, 1.82) is 0 Å². The molecule has 1 fully saturated rings. The average molecular weight is 443 g/mol. The summed E-state index contributed by atoms with van der Waals surface area (Å²) in [6.07, 6.45) is 0. The molecule has 0 spiro atoms. The number of nitrogens with zero attached hydrogens (tertiary/aromatic N) is 2. The molecule has 1 aliphatic heterocycles. The normalized spacial score (nSPS) is 14.6. The van der Waals surface area contributed by atoms with Gasteiger partial charge in [-0.25, -0.2) is 4.39 Å². The van der Waals surface area contributed by atoms with Crippen LogP contribution in [0.2, 0.25) is 5.02 Å². The van der Waals surface area contributed by atoms with Crippen LogP contribution in [-0.2, 0) is 13.2 Å². The van der Waals surface area contributed by atoms with E-state index in [2.05, 4.69) is 36.1 Å². The maximum Gasteiger partial charge on any atom is 0.289 e. The van der Waals surface area contributed by atoms with Crippen LogP contribution in [0.4, 0.5) is 4.39 Å². The van der Waals surface area contributed by atoms with Gasteiger partial charge in [-0.3, -0.25) is 9.69 Å². The van der Waals surface area contributed by atoms with Gasteiger partial charge in [0.05, 0.1) is 5.02 Å². The second kappa shape index (κ2) is 9.54. The Kier molecular flexibility index (Phi) is 6.59. The molecule has 3 aromatic rings. The van der Waals surface area contributed by atoms with Gasteiger partial charge in [0.15, 0.2) is 5.76 Å². The van der Waals surface area contributed by atoms with Crippen molar-refractivity contribution >= 4 is 17.5 Å². The fraction of sp³-hybridized carbons (Fsp3) is 0.292. The van der Waals surface area contributed by atoms with Gasteiger partial charge in [-0.2, -0.15) is 0 Å². The Bertz CT molecular complexity index is 1060. The predicted molar refractivity (Wildman–Crippen MR) is 117 cm³/mol. The molecule has 31 heavy (non-hydrogen) atoms. The van der Waals surface area contributed by atoms with E-state index in [0.717, 1.165) is 19.6 Å². The van der Waals surface area contributed by atoms with Crippen molar-refractivity contribution in [3.05, 3.63) is 88.1 Å². The van der Waals surface area contributed by atoms with E-state index < -0.39 is 5.82 Å². The average Bonchev–Trinajstić information content (AvgIpc) is 3.22. The lowest BCUT2D eigenvalue weighted by Crippen LogP contribution is -2.48. The second-order valence-electron chi connectivity index (χ2n) is 7.69. The number of hydrogen-bond donors (Lipinski definition) is 0. The van der Waals surface area contributed by atoms with Crippen LogP contribution in [0.25, 0.3) is 0 Å². The third-order valence-corrected chi connectivity index (χ3v) is 5.58. The molecular weight excluding hydrogens is 419 g/mol. The Morgan fingerprint density at radius 2 is 1.90 bits per heavy atom. The number of rotatable bonds is 6. The molecule has 2 heterocycles. The molecule has 0 unspecified atom stereocenters. The molecule has 2 aromatic carbocycles. The molecule has 1 aromatic heterocycles. The minimum Gasteiger partial charge on any atom is -0.484 e. The number of benzene rings is 2. The standard InChI is InChI=1S/C24H24ClFN2O3/c1-17-3-2-4-18(13-17)15-27-9-11-28(12-10-27)24(29)23-8-6-20(31-23)16-30-22-7-5-19(26)14-21(22)25/h2-8,13-14H,9-12,15-16H2,1H3. The van der Waals surface area contributed by atoms with Crippen molar-refractivity contribution < 1.29 is 18.3 Å². The molecule has 0 N–H and O–H groups in total. The highest BCUT2D eigenvalue weighted by atomic mass is 35.5. The highest BCUT2D eigenvalue weighted by Crippen LogP contribution is 2.26. The first-order valence-corrected chi connectivity index (χ1v) is 10.6. The van der Waals surface area contributed by atoms with Crippen LogP contribution in [-0.4, -0.2) is 41.9 Å². The number of carbonyl (C=O) groups excluding carboxylic acids is 1. The van der Waals surface area contributed by atoms with Crippen molar-refractivity contribution in [2.45, 2.75) is 20.1 Å². The van der Waals surface area contributed by atoms with Gasteiger partial charge in [-0.15, -0.1) is 0 Å². The number of carbonyl (C=O) groups is 1. The van der Waals surface area contributed by atoms with Gasteiger partial charge < -0.3 is 14.1 Å². The summed E-state index contributed by atoms with van der Waals surface area (Å²) in [6.45, 7) is 6.03. The van der Waals surface area contributed by atoms with Gasteiger partial charge in [0, 0.05) is 32.7 Å². The lowest BCUT2D eigenvalue weighted by atomic mass is 10.1. The zero-order valence-electron chi connectivity index (χ0n) is 17.3. The third kappa shape index (κ3) is 5.46. The minimum atomic E-state index is -0.429. The fourth-order valence-corrected chi connectivity index (χ4v) is 3.87. The largest absolute Gasteiger partial charge is 0.484 e. The number of furan rings is 1. The summed E-state index contributed by atoms with van der Waals surface area (Å²) in [4.78, 5) is 17.0. The van der Waals surface area contributed by atoms with Gasteiger partial charge in [0.25, 0.3) is 5.91 Å². The van der Waals surface area contributed by atoms with Crippen LogP contribution in [0, 0.1) is 12.7 Å². The molecule has 0 atom stereocenters. The Morgan fingerprint density at radius 1 is 1.10 bits per heavy atom. The Morgan fingerprint density at radius 3 is 2.65 bits per heavy atom. The first-order valence-electron chi connectivity index (χ1n) is 10.2. The summed E-state index contributed by atoms with van der Waals surface area (Å²) in [6, 6.07) is 15.8. The lowest BCUT2D eigenvalue weighted by Gasteiger charge is -2.34. The van der Waals surface area contributed by atoms with Crippen LogP contribution in [0.1, 0.15) is 27.4 Å². The highest BCUT2D eigenvalue weighted by Gasteiger charge is 2.24. The number of aryl methyl sites for hydroxylation is 1. The van der Waals surface area contributed by atoms with Crippen LogP contribution in [0.3, 0.4) is 0 Å². The fourth-order valence-electron chi connectivity index (χ4n) is 3.65. The molecule has 0 radical (unpaired) electrons. The molecule has 7 heteroatoms. The van der Waals surface area contributed by atoms with E-state index in [1.165, 1.54) is 29.3 Å². The van der Waals surface area contributed by atoms with Crippen molar-refractivity contribution in [2.75, 3.05) is 26.2 Å². The SMILES string of the molecule is Cc1cccc(CN2CCN(C(=O)c3ccc(COc4ccc(F)cc4Cl)o3)CC2)c1. The third-order valence-electron chi connectivity index (χ3n) is 5.28. The topological polar surface area (TPSA) is 45.9 Å². The van der Waals surface area contributed by atoms with Crippen molar-refractivity contribution in [3.8, 4) is 5.75 Å². The molecule has 5 nitrogen and oxygen atoms in total. The summed E-state index contributed by atoms with van der Waals surface area (Å²) in [7, 11) is 0. The van der Waals surface area contributed by atoms with E-state index in [9.17, 15) is 9.18 Å². The van der Waals surface area contributed by atoms with E-state index in [4.69, 9.17) is 20.8 Å². The van der Waals surface area contributed by atoms with Crippen LogP contribution >= 0.6 is 11.6 Å². The van der Waals surface area contributed by atoms with Gasteiger partial charge in [-0.05, 0) is 42.8 Å². The summed E-state index contributed by atoms with van der Waals surface area (Å²) in [5, 5.41) is 0.186. The number of ether oxygens (including phenoxy) is 1. The number of halogens is 2. The molecule has 162 valence electrons. The van der Waals surface area contributed by atoms with Crippen molar-refractivity contribution in [3.63, 3.8) is 0 Å². The number of piperazine rings is 1. The van der Waals surface area contributed by atoms with E-state index in [1.54, 1.807) is 12.1 Å². The van der Waals surface area contributed by atoms with Crippen LogP contribution in [0.5, 0.6) is 5.75 Å². The van der Waals surface area contributed by atoms with E-state index in [-0.39, 0.29) is 23.3 Å². The molecular formula is C24H24ClFN2O3. The van der Waals surface area contributed by atoms with Crippen molar-refractivity contribution in [1.82, 2.24) is 9.80 Å². The number of hydrogen-bond acceptors (Lipinski definition) is 4. The Labute approximate surface area is 186 Å². The van der Waals surface area contributed by atoms with E-state index in [0.29, 0.717) is 24.6 Å². The van der Waals surface area contributed by atoms with Gasteiger partial charge in [0.1, 0.15) is 23.9 Å². The summed E-state index contributed by atoms with van der Waals surface area (Å²) >= 11 is 5.96. The Hall–Kier alpha value is -2.83. The summed E-state index contributed by atoms with van der Waals surface area (Å²) in [5.74, 6) is 0.596. The molecule has 1 amide bonds. The smallest absolute Gasteiger partial charge is 0.289 e. The minimum absolute atomic E-state index is 0.100. The van der Waals surface area contributed by atoms with E-state index in [1.807, 2.05) is 4.90 Å². The molecule has 1 aliphatic rings. The summed E-state index contributed by atoms with van der Waals surface area (Å²) < 4.78 is 24.4. The highest BCUT2D eigenvalue weighted by molar-refractivity contribution is 6.32. The maximum absolute atomic E-state index is 13.1. The van der Waals surface area contributed by atoms with Crippen LogP contribution < -0.4 is 4.74 Å². The van der Waals surface area contributed by atoms with Gasteiger partial charge in [0.2, 0.25) is 0 Å². The van der Waals surface area contributed by atoms with Gasteiger partial charge >= 0.3 is 0 Å². The quantitative estimate of drug-likeness (QED) is 0.543. The molecule has 1 saturated heterocycles. The first-order chi connectivity index (χ1) is 15.0. The number of amides is 1. The molecule has 0 aliphatic carbocycles. The van der Waals surface area contributed by atoms with E-state index >= 15 is 0 Å². The molecule has 0 saturated carbocycles. The lowest BCUT2D eigenvalue weighted by molar-refractivity contribution is 0.0594. The zero-order chi connectivity index (χ0) is 21.8. The zero-order valence-corrected chi connectivity index (χ0v) is 18.1. The van der Waals surface area contributed by atoms with Gasteiger partial charge in [-0.1, -0.05) is 41.4 Å². The second-order valence-corrected chi connectivity index (χ2v) is 8.09. The first kappa shape index (κ1) is 21.4. The summed E-state index contributed by atoms with van der Waals surface area (Å²) in [5.41, 5.74) is 2.54.